The molecule has 2 N–H and O–H groups in total. The molecule has 0 spiro atoms. The summed E-state index contributed by atoms with van der Waals surface area (Å²) in [6.45, 7) is 6.46. The van der Waals surface area contributed by atoms with Gasteiger partial charge in [0.05, 0.1) is 17.5 Å². The maximum absolute atomic E-state index is 15.0. The molecule has 1 saturated carbocycles. The molecule has 2 heterocycles. The zero-order chi connectivity index (χ0) is 29.9. The Bertz CT molecular complexity index is 1440. The molecule has 3 fully saturated rings. The maximum Gasteiger partial charge on any atom is 0.257 e. The summed E-state index contributed by atoms with van der Waals surface area (Å²) in [4.78, 5) is 32.2. The molecule has 2 amide bonds. The van der Waals surface area contributed by atoms with Crippen molar-refractivity contribution < 1.29 is 14.0 Å². The first-order valence-electron chi connectivity index (χ1n) is 16.0. The molecule has 7 heteroatoms. The Morgan fingerprint density at radius 2 is 1.63 bits per heavy atom. The van der Waals surface area contributed by atoms with Crippen LogP contribution in [0.15, 0.2) is 60.7 Å². The Kier molecular flexibility index (Phi) is 8.68. The van der Waals surface area contributed by atoms with Crippen molar-refractivity contribution in [2.75, 3.05) is 35.2 Å². The van der Waals surface area contributed by atoms with Crippen LogP contribution in [-0.2, 0) is 11.2 Å². The zero-order valence-corrected chi connectivity index (χ0v) is 25.4. The molecule has 0 unspecified atom stereocenters. The topological polar surface area (TPSA) is 64.7 Å². The van der Waals surface area contributed by atoms with Gasteiger partial charge in [0.1, 0.15) is 5.82 Å². The van der Waals surface area contributed by atoms with Gasteiger partial charge in [-0.05, 0) is 105 Å². The average Bonchev–Trinajstić information content (AvgIpc) is 3.54. The van der Waals surface area contributed by atoms with E-state index in [2.05, 4.69) is 34.6 Å². The van der Waals surface area contributed by atoms with Crippen molar-refractivity contribution in [1.82, 2.24) is 4.90 Å². The molecular formula is C36H43FN4O2. The Morgan fingerprint density at radius 1 is 0.884 bits per heavy atom. The van der Waals surface area contributed by atoms with Crippen LogP contribution in [0.3, 0.4) is 0 Å². The van der Waals surface area contributed by atoms with E-state index in [1.54, 1.807) is 24.0 Å². The average molecular weight is 583 g/mol. The number of rotatable bonds is 8. The number of likely N-dealkylation sites (tertiary alicyclic amines) is 1. The van der Waals surface area contributed by atoms with Gasteiger partial charge in [-0.2, -0.15) is 0 Å². The Morgan fingerprint density at radius 3 is 2.30 bits per heavy atom. The fourth-order valence-electron chi connectivity index (χ4n) is 6.95. The number of nitrogens with zero attached hydrogens (tertiary/aromatic N) is 2. The molecule has 6 nitrogen and oxygen atoms in total. The van der Waals surface area contributed by atoms with Gasteiger partial charge in [0, 0.05) is 42.7 Å². The lowest BCUT2D eigenvalue weighted by molar-refractivity contribution is -0.123. The van der Waals surface area contributed by atoms with Crippen molar-refractivity contribution in [3.63, 3.8) is 0 Å². The number of nitrogens with one attached hydrogen (secondary N) is 2. The second-order valence-electron chi connectivity index (χ2n) is 12.4. The van der Waals surface area contributed by atoms with Crippen LogP contribution in [0.1, 0.15) is 85.0 Å². The van der Waals surface area contributed by atoms with Crippen LogP contribution in [-0.4, -0.2) is 42.4 Å². The standard InChI is InChI=1S/C36H43FN4O2/c1-3-25-14-19-29(23-32(25)40-20-4-5-21-40)39-35(42)30-12-8-22-41(36(43)33-24(2)9-6-13-31(33)37)34(30)26-15-17-28(18-16-26)38-27-10-7-11-27/h6,9,13-19,23,27,30,34,38H,3-5,7-8,10-12,20-22H2,1-2H3,(H,39,42)/t30-,34-/m0/s1. The number of halogens is 1. The molecule has 0 aromatic heterocycles. The van der Waals surface area contributed by atoms with E-state index in [4.69, 9.17) is 0 Å². The molecule has 2 saturated heterocycles. The Labute approximate surface area is 254 Å². The molecule has 226 valence electrons. The van der Waals surface area contributed by atoms with Gasteiger partial charge in [-0.25, -0.2) is 4.39 Å². The predicted molar refractivity (Wildman–Crippen MR) is 171 cm³/mol. The summed E-state index contributed by atoms with van der Waals surface area (Å²) >= 11 is 0. The highest BCUT2D eigenvalue weighted by atomic mass is 19.1. The van der Waals surface area contributed by atoms with Crippen LogP contribution in [0.5, 0.6) is 0 Å². The molecule has 3 aromatic carbocycles. The van der Waals surface area contributed by atoms with E-state index in [9.17, 15) is 9.59 Å². The molecule has 3 aromatic rings. The lowest BCUT2D eigenvalue weighted by atomic mass is 9.83. The number of amides is 2. The molecular weight excluding hydrogens is 539 g/mol. The monoisotopic (exact) mass is 582 g/mol. The summed E-state index contributed by atoms with van der Waals surface area (Å²) in [5.41, 5.74) is 5.86. The van der Waals surface area contributed by atoms with Crippen molar-refractivity contribution in [3.8, 4) is 0 Å². The minimum atomic E-state index is -0.527. The van der Waals surface area contributed by atoms with Crippen molar-refractivity contribution in [2.24, 2.45) is 5.92 Å². The third-order valence-electron chi connectivity index (χ3n) is 9.57. The van der Waals surface area contributed by atoms with Crippen LogP contribution >= 0.6 is 0 Å². The zero-order valence-electron chi connectivity index (χ0n) is 25.4. The predicted octanol–water partition coefficient (Wildman–Crippen LogP) is 7.49. The molecule has 2 aliphatic heterocycles. The van der Waals surface area contributed by atoms with Crippen molar-refractivity contribution in [3.05, 3.63) is 88.7 Å². The van der Waals surface area contributed by atoms with Crippen LogP contribution in [0.25, 0.3) is 0 Å². The van der Waals surface area contributed by atoms with Gasteiger partial charge in [0.2, 0.25) is 5.91 Å². The summed E-state index contributed by atoms with van der Waals surface area (Å²) in [7, 11) is 0. The first kappa shape index (κ1) is 29.2. The van der Waals surface area contributed by atoms with Gasteiger partial charge < -0.3 is 20.4 Å². The van der Waals surface area contributed by atoms with Gasteiger partial charge in [-0.15, -0.1) is 0 Å². The van der Waals surface area contributed by atoms with Gasteiger partial charge in [0.15, 0.2) is 0 Å². The smallest absolute Gasteiger partial charge is 0.257 e. The van der Waals surface area contributed by atoms with E-state index >= 15 is 4.39 Å². The van der Waals surface area contributed by atoms with E-state index in [1.165, 1.54) is 49.4 Å². The third-order valence-corrected chi connectivity index (χ3v) is 9.57. The number of carbonyl (C=O) groups is 2. The molecule has 43 heavy (non-hydrogen) atoms. The number of hydrogen-bond acceptors (Lipinski definition) is 4. The summed E-state index contributed by atoms with van der Waals surface area (Å²) in [6, 6.07) is 19.1. The highest BCUT2D eigenvalue weighted by Crippen LogP contribution is 2.39. The van der Waals surface area contributed by atoms with E-state index in [0.29, 0.717) is 31.0 Å². The first-order valence-corrected chi connectivity index (χ1v) is 16.0. The maximum atomic E-state index is 15.0. The van der Waals surface area contributed by atoms with Gasteiger partial charge in [-0.1, -0.05) is 37.3 Å². The summed E-state index contributed by atoms with van der Waals surface area (Å²) in [5.74, 6) is -1.48. The summed E-state index contributed by atoms with van der Waals surface area (Å²) in [5, 5.41) is 6.79. The van der Waals surface area contributed by atoms with Crippen molar-refractivity contribution in [2.45, 2.75) is 77.3 Å². The van der Waals surface area contributed by atoms with E-state index in [-0.39, 0.29) is 17.4 Å². The molecule has 3 aliphatic rings. The number of benzene rings is 3. The second kappa shape index (κ2) is 12.8. The van der Waals surface area contributed by atoms with Crippen molar-refractivity contribution in [1.29, 1.82) is 0 Å². The van der Waals surface area contributed by atoms with Gasteiger partial charge >= 0.3 is 0 Å². The highest BCUT2D eigenvalue weighted by molar-refractivity contribution is 5.98. The van der Waals surface area contributed by atoms with Crippen LogP contribution in [0.4, 0.5) is 21.5 Å². The Hall–Kier alpha value is -3.87. The highest BCUT2D eigenvalue weighted by Gasteiger charge is 2.40. The molecule has 6 rings (SSSR count). The van der Waals surface area contributed by atoms with Crippen molar-refractivity contribution >= 4 is 28.9 Å². The SMILES string of the molecule is CCc1ccc(NC(=O)[C@H]2CCCN(C(=O)c3c(C)cccc3F)[C@H]2c2ccc(NC3CCC3)cc2)cc1N1CCCC1. The van der Waals surface area contributed by atoms with E-state index in [0.717, 1.165) is 36.4 Å². The largest absolute Gasteiger partial charge is 0.382 e. The normalized spacial score (nSPS) is 20.5. The second-order valence-corrected chi connectivity index (χ2v) is 12.4. The van der Waals surface area contributed by atoms with Gasteiger partial charge in [-0.3, -0.25) is 9.59 Å². The number of anilines is 3. The fourth-order valence-corrected chi connectivity index (χ4v) is 6.95. The Balaban J connectivity index is 1.31. The minimum absolute atomic E-state index is 0.0854. The van der Waals surface area contributed by atoms with Crippen LogP contribution in [0.2, 0.25) is 0 Å². The van der Waals surface area contributed by atoms with E-state index < -0.39 is 17.8 Å². The summed E-state index contributed by atoms with van der Waals surface area (Å²) < 4.78 is 15.0. The fraction of sp³-hybridized carbons (Fsp3) is 0.444. The lowest BCUT2D eigenvalue weighted by Gasteiger charge is -2.41. The van der Waals surface area contributed by atoms with Crippen LogP contribution in [0, 0.1) is 18.7 Å². The quantitative estimate of drug-likeness (QED) is 0.289. The molecule has 0 radical (unpaired) electrons. The molecule has 1 aliphatic carbocycles. The number of hydrogen-bond donors (Lipinski definition) is 2. The van der Waals surface area contributed by atoms with Gasteiger partial charge in [0.25, 0.3) is 5.91 Å². The lowest BCUT2D eigenvalue weighted by Crippen LogP contribution is -2.46. The number of carbonyl (C=O) groups excluding carboxylic acids is 2. The number of piperidine rings is 1. The first-order chi connectivity index (χ1) is 20.9. The van der Waals surface area contributed by atoms with E-state index in [1.807, 2.05) is 30.3 Å². The minimum Gasteiger partial charge on any atom is -0.382 e. The number of aryl methyl sites for hydroxylation is 2. The van der Waals surface area contributed by atoms with Crippen LogP contribution < -0.4 is 15.5 Å². The third kappa shape index (κ3) is 6.13. The summed E-state index contributed by atoms with van der Waals surface area (Å²) in [6.07, 6.45) is 8.22. The molecule has 2 atom stereocenters. The molecule has 0 bridgehead atoms.